The van der Waals surface area contributed by atoms with Gasteiger partial charge in [0, 0.05) is 24.0 Å². The van der Waals surface area contributed by atoms with E-state index >= 15 is 0 Å². The number of rotatable bonds is 10. The molecule has 2 amide bonds. The second kappa shape index (κ2) is 13.7. The number of nitrogens with one attached hydrogen (secondary N) is 1. The van der Waals surface area contributed by atoms with Crippen molar-refractivity contribution in [3.63, 3.8) is 0 Å². The minimum Gasteiger partial charge on any atom is -0.496 e. The first-order valence-electron chi connectivity index (χ1n) is 17.6. The van der Waals surface area contributed by atoms with E-state index in [-0.39, 0.29) is 11.9 Å². The molecule has 4 aliphatic rings. The summed E-state index contributed by atoms with van der Waals surface area (Å²) in [7, 11) is 1.72. The molecule has 0 unspecified atom stereocenters. The van der Waals surface area contributed by atoms with Crippen LogP contribution in [0.4, 0.5) is 10.5 Å². The van der Waals surface area contributed by atoms with Gasteiger partial charge in [0.05, 0.1) is 38.6 Å². The van der Waals surface area contributed by atoms with Crippen molar-refractivity contribution in [2.75, 3.05) is 31.8 Å². The molecule has 3 aromatic rings. The summed E-state index contributed by atoms with van der Waals surface area (Å²) in [6, 6.07) is 15.2. The molecule has 0 bridgehead atoms. The van der Waals surface area contributed by atoms with E-state index in [4.69, 9.17) is 14.2 Å². The summed E-state index contributed by atoms with van der Waals surface area (Å²) in [5.74, 6) is 1.67. The van der Waals surface area contributed by atoms with Gasteiger partial charge in [-0.15, -0.1) is 0 Å². The van der Waals surface area contributed by atoms with Crippen molar-refractivity contribution in [1.82, 2.24) is 15.1 Å². The number of carbonyl (C=O) groups excluding carboxylic acids is 2. The topological polar surface area (TPSA) is 94.9 Å². The third kappa shape index (κ3) is 7.05. The lowest BCUT2D eigenvalue weighted by molar-refractivity contribution is -0.141. The number of methoxy groups -OCH3 is 1. The number of anilines is 1. The second-order valence-corrected chi connectivity index (χ2v) is 14.2. The molecule has 0 radical (unpaired) electrons. The number of aromatic nitrogens is 2. The molecule has 250 valence electrons. The minimum absolute atomic E-state index is 0.0627. The van der Waals surface area contributed by atoms with E-state index < -0.39 is 11.7 Å². The Hall–Kier alpha value is -3.85. The molecule has 9 nitrogen and oxygen atoms in total. The third-order valence-electron chi connectivity index (χ3n) is 10.7. The largest absolute Gasteiger partial charge is 0.496 e. The van der Waals surface area contributed by atoms with E-state index in [1.807, 2.05) is 23.2 Å². The molecule has 3 saturated carbocycles. The number of carbonyl (C=O) groups is 2. The highest BCUT2D eigenvalue weighted by Gasteiger charge is 2.47. The fraction of sp³-hybridized carbons (Fsp3) is 0.553. The molecule has 0 spiro atoms. The number of hydrogen-bond donors (Lipinski definition) is 1. The summed E-state index contributed by atoms with van der Waals surface area (Å²) in [6.45, 7) is 3.66. The maximum atomic E-state index is 14.9. The van der Waals surface area contributed by atoms with Crippen LogP contribution in [0.1, 0.15) is 93.7 Å². The van der Waals surface area contributed by atoms with Crippen LogP contribution in [-0.2, 0) is 14.3 Å². The second-order valence-electron chi connectivity index (χ2n) is 14.2. The lowest BCUT2D eigenvalue weighted by Gasteiger charge is -2.41. The van der Waals surface area contributed by atoms with E-state index in [9.17, 15) is 9.59 Å². The number of amides is 2. The van der Waals surface area contributed by atoms with E-state index in [1.54, 1.807) is 7.11 Å². The van der Waals surface area contributed by atoms with Gasteiger partial charge < -0.3 is 24.4 Å². The molecule has 2 heterocycles. The highest BCUT2D eigenvalue weighted by Crippen LogP contribution is 2.41. The van der Waals surface area contributed by atoms with Crippen LogP contribution in [0.2, 0.25) is 0 Å². The number of ether oxygens (including phenoxy) is 3. The minimum atomic E-state index is -1.18. The normalized spacial score (nSPS) is 22.6. The molecular weight excluding hydrogens is 592 g/mol. The molecule has 3 aliphatic carbocycles. The average Bonchev–Trinajstić information content (AvgIpc) is 3.81. The molecule has 1 saturated heterocycles. The lowest BCUT2D eigenvalue weighted by Crippen LogP contribution is -2.57. The van der Waals surface area contributed by atoms with Crippen LogP contribution in [0.15, 0.2) is 54.9 Å². The van der Waals surface area contributed by atoms with Crippen molar-refractivity contribution < 1.29 is 23.8 Å². The van der Waals surface area contributed by atoms with Crippen LogP contribution in [0, 0.1) is 12.8 Å². The maximum absolute atomic E-state index is 14.9. The van der Waals surface area contributed by atoms with Gasteiger partial charge in [-0.2, -0.15) is 5.10 Å². The molecule has 1 aliphatic heterocycles. The quantitative estimate of drug-likeness (QED) is 0.249. The SMILES string of the molecule is COc1ccc(C2CCC(CN(C(=O)C3(OC(=O)NC4COC4)CCCCC3)c3cccc(-c4cnn(C5CC5)c4)c3)CC2)cc1C. The molecule has 9 heteroatoms. The van der Waals surface area contributed by atoms with Gasteiger partial charge in [0.25, 0.3) is 5.91 Å². The molecule has 1 N–H and O–H groups in total. The van der Waals surface area contributed by atoms with Crippen LogP contribution in [0.25, 0.3) is 11.1 Å². The standard InChI is InChI=1S/C38H48N4O5/c1-26-19-30(13-16-35(26)45-2)28-11-9-27(10-12-28)22-41(34-8-6-7-29(20-34)31-21-39-42(23-31)33-14-15-33)36(43)38(17-4-3-5-18-38)47-37(44)40-32-24-46-25-32/h6-8,13,16,19-21,23,27-28,32-33H,3-5,9-12,14-15,17-18,22,24-25H2,1-2H3,(H,40,44). The number of hydrogen-bond acceptors (Lipinski definition) is 6. The molecule has 1 aromatic heterocycles. The number of nitrogens with zero attached hydrogens (tertiary/aromatic N) is 3. The molecule has 2 aromatic carbocycles. The fourth-order valence-electron chi connectivity index (χ4n) is 7.70. The smallest absolute Gasteiger partial charge is 0.408 e. The van der Waals surface area contributed by atoms with Gasteiger partial charge in [0.15, 0.2) is 5.60 Å². The average molecular weight is 641 g/mol. The zero-order chi connectivity index (χ0) is 32.4. The molecular formula is C38H48N4O5. The summed E-state index contributed by atoms with van der Waals surface area (Å²) in [5.41, 5.74) is 4.28. The zero-order valence-corrected chi connectivity index (χ0v) is 27.8. The van der Waals surface area contributed by atoms with Crippen molar-refractivity contribution in [2.45, 2.75) is 101 Å². The molecule has 0 atom stereocenters. The summed E-state index contributed by atoms with van der Waals surface area (Å²) in [5, 5.41) is 7.52. The Morgan fingerprint density at radius 1 is 1.00 bits per heavy atom. The maximum Gasteiger partial charge on any atom is 0.408 e. The van der Waals surface area contributed by atoms with E-state index in [2.05, 4.69) is 58.5 Å². The van der Waals surface area contributed by atoms with Gasteiger partial charge >= 0.3 is 6.09 Å². The Balaban J connectivity index is 1.14. The summed E-state index contributed by atoms with van der Waals surface area (Å²) < 4.78 is 19.0. The summed E-state index contributed by atoms with van der Waals surface area (Å²) >= 11 is 0. The molecule has 7 rings (SSSR count). The van der Waals surface area contributed by atoms with Gasteiger partial charge in [-0.3, -0.25) is 9.48 Å². The van der Waals surface area contributed by atoms with Gasteiger partial charge in [-0.25, -0.2) is 4.79 Å². The number of alkyl carbamates (subject to hydrolysis) is 1. The number of benzene rings is 2. The first-order valence-corrected chi connectivity index (χ1v) is 17.6. The van der Waals surface area contributed by atoms with Crippen LogP contribution < -0.4 is 15.0 Å². The van der Waals surface area contributed by atoms with Crippen LogP contribution in [-0.4, -0.2) is 60.3 Å². The first-order chi connectivity index (χ1) is 22.9. The third-order valence-corrected chi connectivity index (χ3v) is 10.7. The lowest BCUT2D eigenvalue weighted by atomic mass is 9.77. The molecule has 4 fully saturated rings. The van der Waals surface area contributed by atoms with E-state index in [0.717, 1.165) is 73.1 Å². The highest BCUT2D eigenvalue weighted by atomic mass is 16.6. The Bertz CT molecular complexity index is 1560. The van der Waals surface area contributed by atoms with Gasteiger partial charge in [0.2, 0.25) is 0 Å². The molecule has 47 heavy (non-hydrogen) atoms. The van der Waals surface area contributed by atoms with Gasteiger partial charge in [-0.1, -0.05) is 30.7 Å². The van der Waals surface area contributed by atoms with Crippen LogP contribution in [0.3, 0.4) is 0 Å². The van der Waals surface area contributed by atoms with Gasteiger partial charge in [-0.05, 0) is 118 Å². The predicted octanol–water partition coefficient (Wildman–Crippen LogP) is 7.34. The van der Waals surface area contributed by atoms with Crippen molar-refractivity contribution in [3.8, 4) is 16.9 Å². The van der Waals surface area contributed by atoms with E-state index in [1.165, 1.54) is 18.4 Å². The zero-order valence-electron chi connectivity index (χ0n) is 27.8. The van der Waals surface area contributed by atoms with Gasteiger partial charge in [0.1, 0.15) is 5.75 Å². The number of aryl methyl sites for hydroxylation is 1. The Morgan fingerprint density at radius 2 is 1.79 bits per heavy atom. The Morgan fingerprint density at radius 3 is 2.47 bits per heavy atom. The van der Waals surface area contributed by atoms with E-state index in [0.29, 0.717) is 50.5 Å². The summed E-state index contributed by atoms with van der Waals surface area (Å²) in [6.07, 6.45) is 13.9. The van der Waals surface area contributed by atoms with Crippen LogP contribution in [0.5, 0.6) is 5.75 Å². The predicted molar refractivity (Wildman–Crippen MR) is 181 cm³/mol. The monoisotopic (exact) mass is 640 g/mol. The van der Waals surface area contributed by atoms with Crippen molar-refractivity contribution in [2.24, 2.45) is 5.92 Å². The fourth-order valence-corrected chi connectivity index (χ4v) is 7.70. The van der Waals surface area contributed by atoms with Crippen molar-refractivity contribution in [3.05, 3.63) is 66.0 Å². The summed E-state index contributed by atoms with van der Waals surface area (Å²) in [4.78, 5) is 30.0. The highest BCUT2D eigenvalue weighted by molar-refractivity contribution is 6.01. The van der Waals surface area contributed by atoms with Crippen LogP contribution >= 0.6 is 0 Å². The Kier molecular flexibility index (Phi) is 9.26. The Labute approximate surface area is 277 Å². The van der Waals surface area contributed by atoms with Crippen molar-refractivity contribution in [1.29, 1.82) is 0 Å². The first kappa shape index (κ1) is 31.7. The van der Waals surface area contributed by atoms with Crippen molar-refractivity contribution >= 4 is 17.7 Å².